The van der Waals surface area contributed by atoms with Crippen LogP contribution in [0.3, 0.4) is 0 Å². The second-order valence-electron chi connectivity index (χ2n) is 4.19. The van der Waals surface area contributed by atoms with E-state index in [0.717, 1.165) is 16.4 Å². The summed E-state index contributed by atoms with van der Waals surface area (Å²) in [7, 11) is 0. The largest absolute Gasteiger partial charge is 0.364 e. The van der Waals surface area contributed by atoms with E-state index in [2.05, 4.69) is 20.5 Å². The molecule has 0 atom stereocenters. The minimum atomic E-state index is 0. The minimum absolute atomic E-state index is 0. The van der Waals surface area contributed by atoms with E-state index in [4.69, 9.17) is 11.6 Å². The predicted octanol–water partition coefficient (Wildman–Crippen LogP) is 3.77. The lowest BCUT2D eigenvalue weighted by Gasteiger charge is -2.07. The maximum Gasteiger partial charge on any atom is 0.160 e. The standard InChI is InChI=1S/C14H12ClN5.2ClH/c15-12-4-2-1-3-11(12)9-17-13-5-6-14(19-18-13)20-8-7-16-10-20;;/h1-8,10H,9H2,(H,17,18);2*1H. The molecule has 0 aliphatic carbocycles. The summed E-state index contributed by atoms with van der Waals surface area (Å²) in [6.07, 6.45) is 5.20. The van der Waals surface area contributed by atoms with Gasteiger partial charge in [0.1, 0.15) is 12.1 Å². The predicted molar refractivity (Wildman–Crippen MR) is 92.4 cm³/mol. The normalized spacial score (nSPS) is 9.50. The van der Waals surface area contributed by atoms with E-state index < -0.39 is 0 Å². The van der Waals surface area contributed by atoms with Gasteiger partial charge in [0.25, 0.3) is 0 Å². The summed E-state index contributed by atoms with van der Waals surface area (Å²) in [5.74, 6) is 1.43. The van der Waals surface area contributed by atoms with Crippen LogP contribution < -0.4 is 5.32 Å². The average Bonchev–Trinajstić information content (AvgIpc) is 3.01. The number of nitrogens with one attached hydrogen (secondary N) is 1. The van der Waals surface area contributed by atoms with E-state index in [-0.39, 0.29) is 24.8 Å². The number of aromatic nitrogens is 4. The van der Waals surface area contributed by atoms with Gasteiger partial charge in [-0.05, 0) is 23.8 Å². The highest BCUT2D eigenvalue weighted by Crippen LogP contribution is 2.16. The van der Waals surface area contributed by atoms with Crippen molar-refractivity contribution in [1.29, 1.82) is 0 Å². The molecule has 0 bridgehead atoms. The van der Waals surface area contributed by atoms with E-state index in [1.807, 2.05) is 42.6 Å². The van der Waals surface area contributed by atoms with Gasteiger partial charge in [-0.3, -0.25) is 4.57 Å². The lowest BCUT2D eigenvalue weighted by Crippen LogP contribution is -2.04. The van der Waals surface area contributed by atoms with Crippen molar-refractivity contribution in [2.24, 2.45) is 0 Å². The van der Waals surface area contributed by atoms with Crippen molar-refractivity contribution >= 4 is 42.2 Å². The number of anilines is 1. The van der Waals surface area contributed by atoms with E-state index in [0.29, 0.717) is 12.4 Å². The van der Waals surface area contributed by atoms with Crippen LogP contribution in [0.2, 0.25) is 5.02 Å². The Labute approximate surface area is 145 Å². The minimum Gasteiger partial charge on any atom is -0.364 e. The number of rotatable bonds is 4. The molecule has 0 saturated carbocycles. The van der Waals surface area contributed by atoms with Gasteiger partial charge in [0.05, 0.1) is 0 Å². The molecule has 0 radical (unpaired) electrons. The summed E-state index contributed by atoms with van der Waals surface area (Å²) < 4.78 is 1.80. The fraction of sp³-hybridized carbons (Fsp3) is 0.0714. The molecule has 2 aromatic heterocycles. The number of nitrogens with zero attached hydrogens (tertiary/aromatic N) is 4. The van der Waals surface area contributed by atoms with Crippen LogP contribution in [0.25, 0.3) is 5.82 Å². The highest BCUT2D eigenvalue weighted by Gasteiger charge is 2.01. The summed E-state index contributed by atoms with van der Waals surface area (Å²) in [5, 5.41) is 12.2. The van der Waals surface area contributed by atoms with Gasteiger partial charge < -0.3 is 5.32 Å². The second kappa shape index (κ2) is 8.58. The smallest absolute Gasteiger partial charge is 0.160 e. The Morgan fingerprint density at radius 3 is 2.50 bits per heavy atom. The molecule has 0 spiro atoms. The molecule has 0 aliphatic rings. The second-order valence-corrected chi connectivity index (χ2v) is 4.60. The Hall–Kier alpha value is -1.82. The molecule has 0 fully saturated rings. The van der Waals surface area contributed by atoms with E-state index >= 15 is 0 Å². The van der Waals surface area contributed by atoms with Crippen LogP contribution in [0.5, 0.6) is 0 Å². The van der Waals surface area contributed by atoms with E-state index in [9.17, 15) is 0 Å². The molecule has 0 aliphatic heterocycles. The fourth-order valence-electron chi connectivity index (χ4n) is 1.78. The van der Waals surface area contributed by atoms with Gasteiger partial charge in [0.2, 0.25) is 0 Å². The molecule has 3 rings (SSSR count). The van der Waals surface area contributed by atoms with Gasteiger partial charge in [-0.1, -0.05) is 29.8 Å². The lowest BCUT2D eigenvalue weighted by molar-refractivity contribution is 0.907. The molecule has 116 valence electrons. The van der Waals surface area contributed by atoms with Crippen LogP contribution in [-0.4, -0.2) is 19.7 Å². The molecule has 2 heterocycles. The van der Waals surface area contributed by atoms with Gasteiger partial charge >= 0.3 is 0 Å². The Morgan fingerprint density at radius 2 is 1.86 bits per heavy atom. The third kappa shape index (κ3) is 4.34. The highest BCUT2D eigenvalue weighted by atomic mass is 35.5. The molecular formula is C14H14Cl3N5. The fourth-order valence-corrected chi connectivity index (χ4v) is 1.98. The topological polar surface area (TPSA) is 55.6 Å². The van der Waals surface area contributed by atoms with Crippen molar-refractivity contribution in [2.75, 3.05) is 5.32 Å². The molecule has 8 heteroatoms. The highest BCUT2D eigenvalue weighted by molar-refractivity contribution is 6.31. The molecule has 22 heavy (non-hydrogen) atoms. The van der Waals surface area contributed by atoms with Crippen LogP contribution >= 0.6 is 36.4 Å². The van der Waals surface area contributed by atoms with Crippen LogP contribution in [0.4, 0.5) is 5.82 Å². The number of imidazole rings is 1. The Balaban J connectivity index is 0.00000121. The SMILES string of the molecule is Cl.Cl.Clc1ccccc1CNc1ccc(-n2ccnc2)nn1. The first-order valence-electron chi connectivity index (χ1n) is 6.12. The van der Waals surface area contributed by atoms with Crippen LogP contribution in [0.1, 0.15) is 5.56 Å². The molecule has 3 aromatic rings. The molecule has 5 nitrogen and oxygen atoms in total. The summed E-state index contributed by atoms with van der Waals surface area (Å²) in [5.41, 5.74) is 1.02. The molecule has 0 unspecified atom stereocenters. The zero-order valence-electron chi connectivity index (χ0n) is 11.4. The van der Waals surface area contributed by atoms with Gasteiger partial charge in [-0.15, -0.1) is 35.0 Å². The van der Waals surface area contributed by atoms with Crippen molar-refractivity contribution in [3.05, 3.63) is 65.7 Å². The maximum atomic E-state index is 6.10. The summed E-state index contributed by atoms with van der Waals surface area (Å²) >= 11 is 6.10. The third-order valence-electron chi connectivity index (χ3n) is 2.84. The number of halogens is 3. The summed E-state index contributed by atoms with van der Waals surface area (Å²) in [4.78, 5) is 3.97. The van der Waals surface area contributed by atoms with E-state index in [1.165, 1.54) is 0 Å². The first kappa shape index (κ1) is 18.2. The van der Waals surface area contributed by atoms with Gasteiger partial charge in [0.15, 0.2) is 5.82 Å². The van der Waals surface area contributed by atoms with E-state index in [1.54, 1.807) is 17.1 Å². The summed E-state index contributed by atoms with van der Waals surface area (Å²) in [6.45, 7) is 0.610. The Morgan fingerprint density at radius 1 is 1.05 bits per heavy atom. The molecule has 1 N–H and O–H groups in total. The quantitative estimate of drug-likeness (QED) is 0.771. The maximum absolute atomic E-state index is 6.10. The van der Waals surface area contributed by atoms with Gasteiger partial charge in [0, 0.05) is 24.0 Å². The van der Waals surface area contributed by atoms with Crippen molar-refractivity contribution < 1.29 is 0 Å². The van der Waals surface area contributed by atoms with Gasteiger partial charge in [-0.25, -0.2) is 4.98 Å². The van der Waals surface area contributed by atoms with Gasteiger partial charge in [-0.2, -0.15) is 0 Å². The average molecular weight is 359 g/mol. The zero-order chi connectivity index (χ0) is 13.8. The molecular weight excluding hydrogens is 345 g/mol. The van der Waals surface area contributed by atoms with Crippen LogP contribution in [0, 0.1) is 0 Å². The van der Waals surface area contributed by atoms with Crippen molar-refractivity contribution in [3.63, 3.8) is 0 Å². The zero-order valence-corrected chi connectivity index (χ0v) is 13.8. The monoisotopic (exact) mass is 357 g/mol. The summed E-state index contributed by atoms with van der Waals surface area (Å²) in [6, 6.07) is 11.5. The Kier molecular flexibility index (Phi) is 7.11. The number of benzene rings is 1. The number of hydrogen-bond donors (Lipinski definition) is 1. The van der Waals surface area contributed by atoms with Crippen LogP contribution in [-0.2, 0) is 6.54 Å². The third-order valence-corrected chi connectivity index (χ3v) is 3.21. The molecule has 1 aromatic carbocycles. The van der Waals surface area contributed by atoms with Crippen molar-refractivity contribution in [1.82, 2.24) is 19.7 Å². The van der Waals surface area contributed by atoms with Crippen molar-refractivity contribution in [3.8, 4) is 5.82 Å². The molecule has 0 saturated heterocycles. The first-order valence-corrected chi connectivity index (χ1v) is 6.50. The first-order chi connectivity index (χ1) is 9.83. The lowest BCUT2D eigenvalue weighted by atomic mass is 10.2. The molecule has 0 amide bonds. The van der Waals surface area contributed by atoms with Crippen LogP contribution in [0.15, 0.2) is 55.1 Å². The van der Waals surface area contributed by atoms with Crippen molar-refractivity contribution in [2.45, 2.75) is 6.54 Å². The Bertz CT molecular complexity index is 686. The number of hydrogen-bond acceptors (Lipinski definition) is 4.